The van der Waals surface area contributed by atoms with Gasteiger partial charge in [-0.2, -0.15) is 0 Å². The van der Waals surface area contributed by atoms with E-state index < -0.39 is 0 Å². The number of hydrogen-bond acceptors (Lipinski definition) is 2. The lowest BCUT2D eigenvalue weighted by Crippen LogP contribution is -2.13. The minimum atomic E-state index is 0.450. The van der Waals surface area contributed by atoms with E-state index >= 15 is 0 Å². The molecule has 0 rings (SSSR count). The molecule has 6 atom stereocenters. The van der Waals surface area contributed by atoms with Crippen LogP contribution in [0.2, 0.25) is 0 Å². The second-order valence-electron chi connectivity index (χ2n) is 10.3. The summed E-state index contributed by atoms with van der Waals surface area (Å²) in [6.45, 7) is 18.7. The van der Waals surface area contributed by atoms with Gasteiger partial charge >= 0.3 is 0 Å². The van der Waals surface area contributed by atoms with E-state index in [-0.39, 0.29) is 0 Å². The summed E-state index contributed by atoms with van der Waals surface area (Å²) in [6, 6.07) is 0. The van der Waals surface area contributed by atoms with Crippen molar-refractivity contribution in [3.8, 4) is 0 Å². The Bertz CT molecular complexity index is 350. The highest BCUT2D eigenvalue weighted by Crippen LogP contribution is 2.29. The summed E-state index contributed by atoms with van der Waals surface area (Å²) in [5, 5.41) is 1.15. The van der Waals surface area contributed by atoms with Crippen molar-refractivity contribution in [2.75, 3.05) is 25.3 Å². The average Bonchev–Trinajstić information content (AvgIpc) is 2.62. The predicted octanol–water partition coefficient (Wildman–Crippen LogP) is 8.72. The van der Waals surface area contributed by atoms with Gasteiger partial charge in [-0.05, 0) is 100 Å². The third-order valence-corrected chi connectivity index (χ3v) is 6.77. The highest BCUT2D eigenvalue weighted by atomic mass is 79.9. The van der Waals surface area contributed by atoms with Crippen molar-refractivity contribution in [3.63, 3.8) is 0 Å². The SMILES string of the molecule is CCOCOCCCC(C)CC(C)CC(C)CC(C)CC(C)CC(C)CCCBr. The standard InChI is InChI=1S/C26H53BrO2/c1-8-28-20-29-14-10-12-22(3)16-24(5)18-26(7)19-25(6)17-23(4)15-21(2)11-9-13-27/h21-26H,8-20H2,1-7H3. The van der Waals surface area contributed by atoms with Gasteiger partial charge in [0.25, 0.3) is 0 Å². The smallest absolute Gasteiger partial charge is 0.146 e. The fourth-order valence-electron chi connectivity index (χ4n) is 5.22. The number of alkyl halides is 1. The minimum absolute atomic E-state index is 0.450. The van der Waals surface area contributed by atoms with Gasteiger partial charge in [0.2, 0.25) is 0 Å². The summed E-state index contributed by atoms with van der Waals surface area (Å²) in [4.78, 5) is 0. The number of rotatable bonds is 20. The predicted molar refractivity (Wildman–Crippen MR) is 133 cm³/mol. The van der Waals surface area contributed by atoms with E-state index in [1.807, 2.05) is 6.92 Å². The lowest BCUT2D eigenvalue weighted by atomic mass is 9.81. The second-order valence-corrected chi connectivity index (χ2v) is 11.1. The first-order valence-corrected chi connectivity index (χ1v) is 13.6. The van der Waals surface area contributed by atoms with Gasteiger partial charge in [-0.1, -0.05) is 57.5 Å². The van der Waals surface area contributed by atoms with Crippen LogP contribution in [0.1, 0.15) is 106 Å². The zero-order chi connectivity index (χ0) is 22.1. The molecule has 0 aliphatic carbocycles. The maximum atomic E-state index is 5.49. The zero-order valence-corrected chi connectivity index (χ0v) is 22.4. The molecule has 29 heavy (non-hydrogen) atoms. The maximum Gasteiger partial charge on any atom is 0.146 e. The van der Waals surface area contributed by atoms with Crippen LogP contribution in [0, 0.1) is 35.5 Å². The molecule has 0 aliphatic heterocycles. The monoisotopic (exact) mass is 476 g/mol. The molecule has 0 amide bonds. The maximum absolute atomic E-state index is 5.49. The summed E-state index contributed by atoms with van der Waals surface area (Å²) in [7, 11) is 0. The molecule has 2 nitrogen and oxygen atoms in total. The molecule has 0 spiro atoms. The molecule has 176 valence electrons. The molecule has 0 heterocycles. The van der Waals surface area contributed by atoms with Gasteiger partial charge in [0, 0.05) is 18.5 Å². The molecule has 3 heteroatoms. The van der Waals surface area contributed by atoms with Gasteiger partial charge in [0.1, 0.15) is 6.79 Å². The molecule has 0 N–H and O–H groups in total. The first-order chi connectivity index (χ1) is 13.8. The Morgan fingerprint density at radius 2 is 1.00 bits per heavy atom. The lowest BCUT2D eigenvalue weighted by molar-refractivity contribution is -0.0508. The van der Waals surface area contributed by atoms with Crippen molar-refractivity contribution >= 4 is 15.9 Å². The van der Waals surface area contributed by atoms with E-state index in [0.29, 0.717) is 6.79 Å². The Morgan fingerprint density at radius 3 is 1.41 bits per heavy atom. The quantitative estimate of drug-likeness (QED) is 0.0991. The third kappa shape index (κ3) is 18.9. The number of ether oxygens (including phenoxy) is 2. The molecule has 0 radical (unpaired) electrons. The molecule has 6 unspecified atom stereocenters. The van der Waals surface area contributed by atoms with Crippen molar-refractivity contribution < 1.29 is 9.47 Å². The molecule has 0 bridgehead atoms. The molecule has 0 saturated carbocycles. The number of hydrogen-bond donors (Lipinski definition) is 0. The average molecular weight is 478 g/mol. The molecular weight excluding hydrogens is 424 g/mol. The Kier molecular flexibility index (Phi) is 19.4. The van der Waals surface area contributed by atoms with E-state index in [1.54, 1.807) is 0 Å². The van der Waals surface area contributed by atoms with Crippen LogP contribution < -0.4 is 0 Å². The van der Waals surface area contributed by atoms with Gasteiger partial charge in [0.05, 0.1) is 0 Å². The normalized spacial score (nSPS) is 18.2. The van der Waals surface area contributed by atoms with Gasteiger partial charge in [-0.25, -0.2) is 0 Å². The third-order valence-electron chi connectivity index (χ3n) is 6.21. The van der Waals surface area contributed by atoms with Crippen molar-refractivity contribution in [1.29, 1.82) is 0 Å². The second kappa shape index (κ2) is 19.1. The summed E-state index contributed by atoms with van der Waals surface area (Å²) in [6.07, 6.45) is 12.0. The van der Waals surface area contributed by atoms with Crippen LogP contribution in [0.15, 0.2) is 0 Å². The molecule has 0 aliphatic rings. The van der Waals surface area contributed by atoms with Gasteiger partial charge < -0.3 is 9.47 Å². The van der Waals surface area contributed by atoms with Crippen molar-refractivity contribution in [3.05, 3.63) is 0 Å². The Hall–Kier alpha value is 0.400. The molecule has 0 aromatic rings. The van der Waals surface area contributed by atoms with Crippen LogP contribution in [-0.2, 0) is 9.47 Å². The molecule has 0 fully saturated rings. The minimum Gasteiger partial charge on any atom is -0.356 e. The van der Waals surface area contributed by atoms with Crippen LogP contribution >= 0.6 is 15.9 Å². The van der Waals surface area contributed by atoms with Gasteiger partial charge in [-0.15, -0.1) is 0 Å². The van der Waals surface area contributed by atoms with E-state index in [2.05, 4.69) is 57.5 Å². The fraction of sp³-hybridized carbons (Fsp3) is 1.00. The molecule has 0 aromatic heterocycles. The van der Waals surface area contributed by atoms with Crippen molar-refractivity contribution in [2.24, 2.45) is 35.5 Å². The Balaban J connectivity index is 3.90. The molecule has 0 saturated heterocycles. The van der Waals surface area contributed by atoms with Crippen LogP contribution in [0.5, 0.6) is 0 Å². The van der Waals surface area contributed by atoms with Crippen LogP contribution in [0.25, 0.3) is 0 Å². The summed E-state index contributed by atoms with van der Waals surface area (Å²) >= 11 is 3.56. The fourth-order valence-corrected chi connectivity index (χ4v) is 5.54. The molecule has 0 aromatic carbocycles. The van der Waals surface area contributed by atoms with Gasteiger partial charge in [0.15, 0.2) is 0 Å². The Labute approximate surface area is 192 Å². The zero-order valence-electron chi connectivity index (χ0n) is 20.9. The van der Waals surface area contributed by atoms with E-state index in [4.69, 9.17) is 9.47 Å². The highest BCUT2D eigenvalue weighted by Gasteiger charge is 2.17. The van der Waals surface area contributed by atoms with E-state index in [9.17, 15) is 0 Å². The summed E-state index contributed by atoms with van der Waals surface area (Å²) in [5.74, 6) is 5.07. The Morgan fingerprint density at radius 1 is 0.586 bits per heavy atom. The molecular formula is C26H53BrO2. The van der Waals surface area contributed by atoms with Crippen LogP contribution in [0.3, 0.4) is 0 Å². The van der Waals surface area contributed by atoms with Crippen molar-refractivity contribution in [1.82, 2.24) is 0 Å². The largest absolute Gasteiger partial charge is 0.356 e. The van der Waals surface area contributed by atoms with Gasteiger partial charge in [-0.3, -0.25) is 0 Å². The summed E-state index contributed by atoms with van der Waals surface area (Å²) in [5.41, 5.74) is 0. The lowest BCUT2D eigenvalue weighted by Gasteiger charge is -2.25. The highest BCUT2D eigenvalue weighted by molar-refractivity contribution is 9.09. The first kappa shape index (κ1) is 29.4. The van der Waals surface area contributed by atoms with E-state index in [1.165, 1.54) is 51.4 Å². The van der Waals surface area contributed by atoms with E-state index in [0.717, 1.165) is 60.5 Å². The van der Waals surface area contributed by atoms with Crippen molar-refractivity contribution in [2.45, 2.75) is 106 Å². The topological polar surface area (TPSA) is 18.5 Å². The summed E-state index contributed by atoms with van der Waals surface area (Å²) < 4.78 is 10.7. The van der Waals surface area contributed by atoms with Crippen LogP contribution in [0.4, 0.5) is 0 Å². The first-order valence-electron chi connectivity index (χ1n) is 12.5. The number of halogens is 1. The van der Waals surface area contributed by atoms with Crippen LogP contribution in [-0.4, -0.2) is 25.3 Å².